The van der Waals surface area contributed by atoms with Crippen molar-refractivity contribution in [3.8, 4) is 0 Å². The molecule has 160 valence electrons. The zero-order valence-corrected chi connectivity index (χ0v) is 16.7. The number of nitrogens with one attached hydrogen (secondary N) is 2. The van der Waals surface area contributed by atoms with E-state index >= 15 is 0 Å². The Morgan fingerprint density at radius 2 is 1.77 bits per heavy atom. The molecule has 2 aromatic carbocycles. The molecular formula is C22H24F3N3O2. The minimum absolute atomic E-state index is 0.0401. The monoisotopic (exact) mass is 419 g/mol. The van der Waals surface area contributed by atoms with Crippen LogP contribution in [0, 0.1) is 5.92 Å². The zero-order chi connectivity index (χ0) is 21.9. The maximum absolute atomic E-state index is 13.8. The highest BCUT2D eigenvalue weighted by Gasteiger charge is 2.48. The largest absolute Gasteiger partial charge is 0.409 e. The molecule has 0 unspecified atom stereocenters. The lowest BCUT2D eigenvalue weighted by Crippen LogP contribution is -2.52. The fourth-order valence-corrected chi connectivity index (χ4v) is 3.68. The molecule has 1 aliphatic rings. The summed E-state index contributed by atoms with van der Waals surface area (Å²) < 4.78 is 41.4. The Kier molecular flexibility index (Phi) is 6.45. The van der Waals surface area contributed by atoms with E-state index in [4.69, 9.17) is 0 Å². The van der Waals surface area contributed by atoms with Crippen molar-refractivity contribution in [2.75, 3.05) is 16.8 Å². The summed E-state index contributed by atoms with van der Waals surface area (Å²) >= 11 is 0. The lowest BCUT2D eigenvalue weighted by molar-refractivity contribution is -0.157. The Bertz CT molecular complexity index is 900. The molecule has 0 saturated heterocycles. The molecule has 3 rings (SSSR count). The Morgan fingerprint density at radius 1 is 1.13 bits per heavy atom. The molecule has 0 saturated carbocycles. The van der Waals surface area contributed by atoms with Crippen LogP contribution >= 0.6 is 0 Å². The average Bonchev–Trinajstić information content (AvgIpc) is 2.84. The predicted molar refractivity (Wildman–Crippen MR) is 109 cm³/mol. The van der Waals surface area contributed by atoms with E-state index in [-0.39, 0.29) is 29.9 Å². The molecule has 2 N–H and O–H groups in total. The highest BCUT2D eigenvalue weighted by molar-refractivity contribution is 6.05. The van der Waals surface area contributed by atoms with Crippen molar-refractivity contribution < 1.29 is 22.8 Å². The number of amides is 2. The molecule has 2 aromatic rings. The van der Waals surface area contributed by atoms with E-state index in [9.17, 15) is 22.8 Å². The van der Waals surface area contributed by atoms with E-state index in [2.05, 4.69) is 10.6 Å². The lowest BCUT2D eigenvalue weighted by Gasteiger charge is -2.32. The van der Waals surface area contributed by atoms with Gasteiger partial charge in [-0.25, -0.2) is 0 Å². The molecule has 5 nitrogen and oxygen atoms in total. The molecule has 2 amide bonds. The van der Waals surface area contributed by atoms with Crippen molar-refractivity contribution in [3.05, 3.63) is 60.2 Å². The Balaban J connectivity index is 1.90. The van der Waals surface area contributed by atoms with Crippen molar-refractivity contribution in [1.82, 2.24) is 5.32 Å². The standard InChI is InChI=1S/C22H24F3N3O2/c1-14(2)21(15-8-4-3-5-9-15)26-13-20(30)28-17-11-7-6-10-16(17)27-19(29)12-18(28)22(23,24)25/h3-11,14,18,21,26H,12-13H2,1-2H3,(H,27,29)/t18-,21+/m0/s1. The molecule has 2 atom stereocenters. The minimum Gasteiger partial charge on any atom is -0.324 e. The van der Waals surface area contributed by atoms with Gasteiger partial charge in [0.1, 0.15) is 6.04 Å². The molecule has 0 bridgehead atoms. The van der Waals surface area contributed by atoms with Gasteiger partial charge in [-0.05, 0) is 23.6 Å². The summed E-state index contributed by atoms with van der Waals surface area (Å²) in [5, 5.41) is 5.57. The summed E-state index contributed by atoms with van der Waals surface area (Å²) in [7, 11) is 0. The highest BCUT2D eigenvalue weighted by atomic mass is 19.4. The van der Waals surface area contributed by atoms with Crippen molar-refractivity contribution in [1.29, 1.82) is 0 Å². The lowest BCUT2D eigenvalue weighted by atomic mass is 9.96. The van der Waals surface area contributed by atoms with Gasteiger partial charge in [0.2, 0.25) is 11.8 Å². The van der Waals surface area contributed by atoms with Crippen LogP contribution in [0.25, 0.3) is 0 Å². The third kappa shape index (κ3) is 4.81. The number of carbonyl (C=O) groups excluding carboxylic acids is 2. The molecule has 1 heterocycles. The topological polar surface area (TPSA) is 61.4 Å². The SMILES string of the molecule is CC(C)[C@@H](NCC(=O)N1c2ccccc2NC(=O)C[C@H]1C(F)(F)F)c1ccccc1. The molecule has 8 heteroatoms. The van der Waals surface area contributed by atoms with E-state index in [0.29, 0.717) is 4.90 Å². The number of hydrogen-bond acceptors (Lipinski definition) is 3. The summed E-state index contributed by atoms with van der Waals surface area (Å²) in [4.78, 5) is 25.8. The first-order chi connectivity index (χ1) is 14.2. The summed E-state index contributed by atoms with van der Waals surface area (Å²) in [6, 6.07) is 13.0. The molecule has 0 fully saturated rings. The van der Waals surface area contributed by atoms with Crippen LogP contribution in [0.15, 0.2) is 54.6 Å². The summed E-state index contributed by atoms with van der Waals surface area (Å²) in [6.07, 6.45) is -5.60. The average molecular weight is 419 g/mol. The van der Waals surface area contributed by atoms with E-state index in [1.54, 1.807) is 12.1 Å². The molecular weight excluding hydrogens is 395 g/mol. The molecule has 0 radical (unpaired) electrons. The van der Waals surface area contributed by atoms with E-state index in [1.165, 1.54) is 12.1 Å². The first-order valence-electron chi connectivity index (χ1n) is 9.74. The number of para-hydroxylation sites is 2. The van der Waals surface area contributed by atoms with Gasteiger partial charge in [-0.15, -0.1) is 0 Å². The molecule has 30 heavy (non-hydrogen) atoms. The number of anilines is 2. The van der Waals surface area contributed by atoms with Gasteiger partial charge in [0.05, 0.1) is 24.3 Å². The van der Waals surface area contributed by atoms with Gasteiger partial charge in [0.25, 0.3) is 0 Å². The van der Waals surface area contributed by atoms with Crippen molar-refractivity contribution >= 4 is 23.2 Å². The fraction of sp³-hybridized carbons (Fsp3) is 0.364. The Hall–Kier alpha value is -2.87. The van der Waals surface area contributed by atoms with Crippen molar-refractivity contribution in [2.24, 2.45) is 5.92 Å². The smallest absolute Gasteiger partial charge is 0.324 e. The maximum Gasteiger partial charge on any atom is 0.409 e. The van der Waals surface area contributed by atoms with Crippen LogP contribution in [0.3, 0.4) is 0 Å². The zero-order valence-electron chi connectivity index (χ0n) is 16.7. The summed E-state index contributed by atoms with van der Waals surface area (Å²) in [6.45, 7) is 3.64. The second-order valence-corrected chi connectivity index (χ2v) is 7.60. The molecule has 0 aliphatic carbocycles. The van der Waals surface area contributed by atoms with Crippen molar-refractivity contribution in [2.45, 2.75) is 38.5 Å². The second kappa shape index (κ2) is 8.87. The van der Waals surface area contributed by atoms with Gasteiger partial charge < -0.3 is 10.6 Å². The van der Waals surface area contributed by atoms with Gasteiger partial charge >= 0.3 is 6.18 Å². The van der Waals surface area contributed by atoms with Crippen LogP contribution in [-0.4, -0.2) is 30.6 Å². The van der Waals surface area contributed by atoms with Crippen LogP contribution in [0.5, 0.6) is 0 Å². The number of fused-ring (bicyclic) bond motifs is 1. The first-order valence-corrected chi connectivity index (χ1v) is 9.74. The van der Waals surface area contributed by atoms with Crippen LogP contribution < -0.4 is 15.5 Å². The normalized spacial score (nSPS) is 17.9. The number of hydrogen-bond donors (Lipinski definition) is 2. The van der Waals surface area contributed by atoms with E-state index in [1.807, 2.05) is 44.2 Å². The minimum atomic E-state index is -4.75. The van der Waals surface area contributed by atoms with E-state index in [0.717, 1.165) is 5.56 Å². The number of rotatable bonds is 5. The number of halogens is 3. The van der Waals surface area contributed by atoms with Gasteiger partial charge in [-0.2, -0.15) is 13.2 Å². The van der Waals surface area contributed by atoms with Crippen LogP contribution in [0.4, 0.5) is 24.5 Å². The van der Waals surface area contributed by atoms with Gasteiger partial charge in [-0.1, -0.05) is 56.3 Å². The van der Waals surface area contributed by atoms with Crippen LogP contribution in [-0.2, 0) is 9.59 Å². The van der Waals surface area contributed by atoms with Gasteiger partial charge in [0, 0.05) is 6.04 Å². The molecule has 1 aliphatic heterocycles. The van der Waals surface area contributed by atoms with Gasteiger partial charge in [-0.3, -0.25) is 14.5 Å². The Morgan fingerprint density at radius 3 is 2.40 bits per heavy atom. The summed E-state index contributed by atoms with van der Waals surface area (Å²) in [5.74, 6) is -1.42. The molecule has 0 aromatic heterocycles. The maximum atomic E-state index is 13.8. The number of benzene rings is 2. The predicted octanol–water partition coefficient (Wildman–Crippen LogP) is 4.28. The number of carbonyl (C=O) groups is 2. The highest BCUT2D eigenvalue weighted by Crippen LogP contribution is 2.37. The number of nitrogens with zero attached hydrogens (tertiary/aromatic N) is 1. The second-order valence-electron chi connectivity index (χ2n) is 7.60. The first kappa shape index (κ1) is 21.8. The molecule has 0 spiro atoms. The van der Waals surface area contributed by atoms with Crippen LogP contribution in [0.2, 0.25) is 0 Å². The summed E-state index contributed by atoms with van der Waals surface area (Å²) in [5.41, 5.74) is 1.17. The Labute approximate surface area is 173 Å². The van der Waals surface area contributed by atoms with Crippen LogP contribution in [0.1, 0.15) is 31.9 Å². The van der Waals surface area contributed by atoms with Gasteiger partial charge in [0.15, 0.2) is 0 Å². The third-order valence-corrected chi connectivity index (χ3v) is 5.07. The quantitative estimate of drug-likeness (QED) is 0.761. The third-order valence-electron chi connectivity index (χ3n) is 5.07. The number of alkyl halides is 3. The fourth-order valence-electron chi connectivity index (χ4n) is 3.68. The van der Waals surface area contributed by atoms with E-state index < -0.39 is 30.5 Å². The van der Waals surface area contributed by atoms with Crippen molar-refractivity contribution in [3.63, 3.8) is 0 Å².